The summed E-state index contributed by atoms with van der Waals surface area (Å²) in [6, 6.07) is 0.690. The lowest BCUT2D eigenvalue weighted by atomic mass is 10.2. The van der Waals surface area contributed by atoms with Gasteiger partial charge in [0.25, 0.3) is 0 Å². The molecule has 3 nitrogen and oxygen atoms in total. The summed E-state index contributed by atoms with van der Waals surface area (Å²) in [6.07, 6.45) is 6.78. The van der Waals surface area contributed by atoms with E-state index in [0.29, 0.717) is 6.04 Å². The van der Waals surface area contributed by atoms with Crippen LogP contribution in [0, 0.1) is 11.8 Å². The summed E-state index contributed by atoms with van der Waals surface area (Å²) in [4.78, 5) is 4.26. The first-order chi connectivity index (χ1) is 7.33. The van der Waals surface area contributed by atoms with Crippen LogP contribution in [-0.4, -0.2) is 25.6 Å². The van der Waals surface area contributed by atoms with Crippen LogP contribution >= 0.6 is 0 Å². The van der Waals surface area contributed by atoms with E-state index in [2.05, 4.69) is 22.5 Å². The van der Waals surface area contributed by atoms with Gasteiger partial charge in [-0.25, -0.2) is 0 Å². The molecule has 0 spiro atoms. The van der Waals surface area contributed by atoms with Gasteiger partial charge in [0.1, 0.15) is 0 Å². The van der Waals surface area contributed by atoms with E-state index in [0.717, 1.165) is 24.3 Å². The summed E-state index contributed by atoms with van der Waals surface area (Å²) < 4.78 is 0. The van der Waals surface area contributed by atoms with Crippen molar-refractivity contribution in [1.29, 1.82) is 0 Å². The Morgan fingerprint density at radius 2 is 2.20 bits per heavy atom. The van der Waals surface area contributed by atoms with E-state index in [1.54, 1.807) is 0 Å². The molecule has 0 aliphatic heterocycles. The van der Waals surface area contributed by atoms with Gasteiger partial charge in [-0.15, -0.1) is 0 Å². The molecule has 2 atom stereocenters. The smallest absolute Gasteiger partial charge is 0.191 e. The molecular weight excluding hydrogens is 186 g/mol. The molecular formula is C12H23N3. The maximum absolute atomic E-state index is 4.26. The second kappa shape index (κ2) is 4.86. The first kappa shape index (κ1) is 10.8. The highest BCUT2D eigenvalue weighted by Crippen LogP contribution is 2.34. The average Bonchev–Trinajstić information content (AvgIpc) is 3.09. The van der Waals surface area contributed by atoms with Gasteiger partial charge in [0.05, 0.1) is 0 Å². The second-order valence-corrected chi connectivity index (χ2v) is 4.93. The van der Waals surface area contributed by atoms with E-state index in [-0.39, 0.29) is 0 Å². The Bertz CT molecular complexity index is 233. The Morgan fingerprint density at radius 3 is 2.80 bits per heavy atom. The predicted octanol–water partition coefficient (Wildman–Crippen LogP) is 1.75. The highest BCUT2D eigenvalue weighted by atomic mass is 15.2. The summed E-state index contributed by atoms with van der Waals surface area (Å²) in [5.41, 5.74) is 0. The molecule has 2 fully saturated rings. The number of guanidine groups is 1. The number of rotatable bonds is 5. The summed E-state index contributed by atoms with van der Waals surface area (Å²) in [7, 11) is 1.86. The van der Waals surface area contributed by atoms with E-state index in [1.165, 1.54) is 32.1 Å². The molecule has 0 bridgehead atoms. The Kier molecular flexibility index (Phi) is 3.49. The first-order valence-corrected chi connectivity index (χ1v) is 6.30. The third-order valence-corrected chi connectivity index (χ3v) is 3.38. The molecule has 2 saturated carbocycles. The molecule has 2 aliphatic carbocycles. The Morgan fingerprint density at radius 1 is 1.40 bits per heavy atom. The second-order valence-electron chi connectivity index (χ2n) is 4.93. The SMILES string of the molecule is CCCC1CC1NC(=NC)NCC1CC1. The molecule has 0 aromatic heterocycles. The van der Waals surface area contributed by atoms with Crippen molar-refractivity contribution in [3.05, 3.63) is 0 Å². The molecule has 2 aliphatic rings. The lowest BCUT2D eigenvalue weighted by Crippen LogP contribution is -2.40. The lowest BCUT2D eigenvalue weighted by molar-refractivity contribution is 0.651. The van der Waals surface area contributed by atoms with Gasteiger partial charge in [0, 0.05) is 19.6 Å². The number of nitrogens with one attached hydrogen (secondary N) is 2. The van der Waals surface area contributed by atoms with Crippen LogP contribution in [-0.2, 0) is 0 Å². The summed E-state index contributed by atoms with van der Waals surface area (Å²) in [5, 5.41) is 6.90. The first-order valence-electron chi connectivity index (χ1n) is 6.30. The van der Waals surface area contributed by atoms with Crippen molar-refractivity contribution < 1.29 is 0 Å². The molecule has 0 saturated heterocycles. The van der Waals surface area contributed by atoms with Gasteiger partial charge in [0.15, 0.2) is 5.96 Å². The quantitative estimate of drug-likeness (QED) is 0.534. The summed E-state index contributed by atoms with van der Waals surface area (Å²) >= 11 is 0. The van der Waals surface area contributed by atoms with Crippen molar-refractivity contribution in [2.75, 3.05) is 13.6 Å². The van der Waals surface area contributed by atoms with Gasteiger partial charge >= 0.3 is 0 Å². The fourth-order valence-electron chi connectivity index (χ4n) is 2.05. The Balaban J connectivity index is 1.63. The zero-order valence-corrected chi connectivity index (χ0v) is 9.92. The van der Waals surface area contributed by atoms with Gasteiger partial charge < -0.3 is 10.6 Å². The fourth-order valence-corrected chi connectivity index (χ4v) is 2.05. The minimum Gasteiger partial charge on any atom is -0.356 e. The molecule has 2 rings (SSSR count). The monoisotopic (exact) mass is 209 g/mol. The highest BCUT2D eigenvalue weighted by molar-refractivity contribution is 5.80. The molecule has 0 aromatic carbocycles. The van der Waals surface area contributed by atoms with Crippen LogP contribution in [0.5, 0.6) is 0 Å². The van der Waals surface area contributed by atoms with Crippen LogP contribution in [0.1, 0.15) is 39.0 Å². The number of nitrogens with zero attached hydrogens (tertiary/aromatic N) is 1. The van der Waals surface area contributed by atoms with Crippen molar-refractivity contribution in [3.8, 4) is 0 Å². The standard InChI is InChI=1S/C12H23N3/c1-3-4-10-7-11(10)15-12(13-2)14-8-9-5-6-9/h9-11H,3-8H2,1-2H3,(H2,13,14,15). The molecule has 0 radical (unpaired) electrons. The molecule has 2 N–H and O–H groups in total. The minimum atomic E-state index is 0.690. The van der Waals surface area contributed by atoms with Gasteiger partial charge in [-0.2, -0.15) is 0 Å². The van der Waals surface area contributed by atoms with Crippen molar-refractivity contribution in [2.45, 2.75) is 45.1 Å². The van der Waals surface area contributed by atoms with E-state index in [1.807, 2.05) is 7.05 Å². The maximum atomic E-state index is 4.26. The highest BCUT2D eigenvalue weighted by Gasteiger charge is 2.36. The van der Waals surface area contributed by atoms with Crippen LogP contribution in [0.2, 0.25) is 0 Å². The molecule has 0 aromatic rings. The minimum absolute atomic E-state index is 0.690. The molecule has 15 heavy (non-hydrogen) atoms. The Hall–Kier alpha value is -0.730. The van der Waals surface area contributed by atoms with Crippen LogP contribution in [0.15, 0.2) is 4.99 Å². The van der Waals surface area contributed by atoms with Crippen molar-refractivity contribution >= 4 is 5.96 Å². The van der Waals surface area contributed by atoms with Gasteiger partial charge in [0.2, 0.25) is 0 Å². The molecule has 0 amide bonds. The van der Waals surface area contributed by atoms with Crippen molar-refractivity contribution in [1.82, 2.24) is 10.6 Å². The van der Waals surface area contributed by atoms with E-state index < -0.39 is 0 Å². The third kappa shape index (κ3) is 3.40. The topological polar surface area (TPSA) is 36.4 Å². The zero-order chi connectivity index (χ0) is 10.7. The molecule has 3 heteroatoms. The number of hydrogen-bond donors (Lipinski definition) is 2. The van der Waals surface area contributed by atoms with Crippen molar-refractivity contribution in [3.63, 3.8) is 0 Å². The van der Waals surface area contributed by atoms with Crippen LogP contribution in [0.25, 0.3) is 0 Å². The van der Waals surface area contributed by atoms with Crippen LogP contribution < -0.4 is 10.6 Å². The number of hydrogen-bond acceptors (Lipinski definition) is 1. The van der Waals surface area contributed by atoms with Crippen LogP contribution in [0.3, 0.4) is 0 Å². The normalized spacial score (nSPS) is 30.1. The molecule has 2 unspecified atom stereocenters. The third-order valence-electron chi connectivity index (χ3n) is 3.38. The largest absolute Gasteiger partial charge is 0.356 e. The number of aliphatic imine (C=N–C) groups is 1. The van der Waals surface area contributed by atoms with E-state index in [9.17, 15) is 0 Å². The van der Waals surface area contributed by atoms with Crippen LogP contribution in [0.4, 0.5) is 0 Å². The van der Waals surface area contributed by atoms with Gasteiger partial charge in [-0.1, -0.05) is 13.3 Å². The van der Waals surface area contributed by atoms with Gasteiger partial charge in [-0.3, -0.25) is 4.99 Å². The fraction of sp³-hybridized carbons (Fsp3) is 0.917. The predicted molar refractivity (Wildman–Crippen MR) is 64.0 cm³/mol. The average molecular weight is 209 g/mol. The van der Waals surface area contributed by atoms with E-state index >= 15 is 0 Å². The molecule has 0 heterocycles. The van der Waals surface area contributed by atoms with Gasteiger partial charge in [-0.05, 0) is 37.5 Å². The summed E-state index contributed by atoms with van der Waals surface area (Å²) in [6.45, 7) is 3.36. The lowest BCUT2D eigenvalue weighted by Gasteiger charge is -2.11. The Labute approximate surface area is 92.7 Å². The van der Waals surface area contributed by atoms with E-state index in [4.69, 9.17) is 0 Å². The van der Waals surface area contributed by atoms with Crippen molar-refractivity contribution in [2.24, 2.45) is 16.8 Å². The summed E-state index contributed by atoms with van der Waals surface area (Å²) in [5.74, 6) is 2.81. The molecule has 86 valence electrons. The maximum Gasteiger partial charge on any atom is 0.191 e. The zero-order valence-electron chi connectivity index (χ0n) is 9.92.